The molecule has 6 heteroatoms. The van der Waals surface area contributed by atoms with Gasteiger partial charge in [-0.1, -0.05) is 37.5 Å². The van der Waals surface area contributed by atoms with E-state index in [0.29, 0.717) is 22.4 Å². The number of benzene rings is 2. The Balaban J connectivity index is 1.79. The molecule has 0 spiro atoms. The third-order valence-electron chi connectivity index (χ3n) is 6.11. The van der Waals surface area contributed by atoms with Crippen LogP contribution in [0.15, 0.2) is 53.3 Å². The van der Waals surface area contributed by atoms with Crippen molar-refractivity contribution in [3.05, 3.63) is 64.4 Å². The highest BCUT2D eigenvalue weighted by molar-refractivity contribution is 5.98. The number of carbonyl (C=O) groups is 1. The predicted molar refractivity (Wildman–Crippen MR) is 125 cm³/mol. The highest BCUT2D eigenvalue weighted by Crippen LogP contribution is 2.21. The summed E-state index contributed by atoms with van der Waals surface area (Å²) in [5, 5.41) is 3.66. The Morgan fingerprint density at radius 3 is 2.45 bits per heavy atom. The van der Waals surface area contributed by atoms with Gasteiger partial charge in [-0.3, -0.25) is 9.59 Å². The molecule has 0 unspecified atom stereocenters. The van der Waals surface area contributed by atoms with E-state index in [1.807, 2.05) is 44.2 Å². The lowest BCUT2D eigenvalue weighted by Gasteiger charge is -2.24. The van der Waals surface area contributed by atoms with Gasteiger partial charge in [-0.2, -0.15) is 0 Å². The first kappa shape index (κ1) is 21.1. The monoisotopic (exact) mass is 418 g/mol. The Morgan fingerprint density at radius 2 is 1.77 bits per heavy atom. The molecule has 31 heavy (non-hydrogen) atoms. The van der Waals surface area contributed by atoms with E-state index in [1.165, 1.54) is 6.42 Å². The van der Waals surface area contributed by atoms with Crippen molar-refractivity contribution in [3.8, 4) is 5.69 Å². The summed E-state index contributed by atoms with van der Waals surface area (Å²) in [6, 6.07) is 15.0. The molecule has 162 valence electrons. The SMILES string of the molecule is CCN(CC)c1nc2cc(C(=O)NC3CCCCC3)ccc2c(=O)n1-c1ccccc1. The second-order valence-corrected chi connectivity index (χ2v) is 8.10. The molecule has 1 heterocycles. The van der Waals surface area contributed by atoms with Gasteiger partial charge in [0, 0.05) is 24.7 Å². The highest BCUT2D eigenvalue weighted by Gasteiger charge is 2.20. The molecule has 1 aromatic heterocycles. The molecule has 2 aromatic carbocycles. The molecule has 0 radical (unpaired) electrons. The van der Waals surface area contributed by atoms with Gasteiger partial charge in [-0.15, -0.1) is 0 Å². The molecule has 1 amide bonds. The summed E-state index contributed by atoms with van der Waals surface area (Å²) in [6.45, 7) is 5.54. The number of nitrogens with one attached hydrogen (secondary N) is 1. The van der Waals surface area contributed by atoms with E-state index in [1.54, 1.807) is 22.8 Å². The standard InChI is InChI=1S/C25H30N4O2/c1-3-28(4-2)25-27-22-17-18(23(30)26-19-11-7-5-8-12-19)15-16-21(22)24(31)29(25)20-13-9-6-10-14-20/h6,9-10,13-17,19H,3-5,7-8,11-12H2,1-2H3,(H,26,30). The molecule has 0 aliphatic heterocycles. The lowest BCUT2D eigenvalue weighted by atomic mass is 9.95. The van der Waals surface area contributed by atoms with E-state index in [2.05, 4.69) is 10.2 Å². The van der Waals surface area contributed by atoms with Crippen LogP contribution < -0.4 is 15.8 Å². The van der Waals surface area contributed by atoms with E-state index in [0.717, 1.165) is 44.5 Å². The van der Waals surface area contributed by atoms with Crippen molar-refractivity contribution in [2.24, 2.45) is 0 Å². The minimum absolute atomic E-state index is 0.0905. The maximum absolute atomic E-state index is 13.5. The fraction of sp³-hybridized carbons (Fsp3) is 0.400. The molecule has 4 rings (SSSR count). The van der Waals surface area contributed by atoms with Gasteiger partial charge < -0.3 is 10.2 Å². The largest absolute Gasteiger partial charge is 0.349 e. The normalized spacial score (nSPS) is 14.5. The van der Waals surface area contributed by atoms with Crippen LogP contribution in [0.1, 0.15) is 56.3 Å². The summed E-state index contributed by atoms with van der Waals surface area (Å²) in [4.78, 5) is 33.2. The molecule has 0 bridgehead atoms. The van der Waals surface area contributed by atoms with Gasteiger partial charge in [0.15, 0.2) is 0 Å². The van der Waals surface area contributed by atoms with Crippen molar-refractivity contribution in [1.29, 1.82) is 0 Å². The van der Waals surface area contributed by atoms with Crippen LogP contribution in [-0.4, -0.2) is 34.6 Å². The number of hydrogen-bond acceptors (Lipinski definition) is 4. The van der Waals surface area contributed by atoms with E-state index in [9.17, 15) is 9.59 Å². The third-order valence-corrected chi connectivity index (χ3v) is 6.11. The lowest BCUT2D eigenvalue weighted by molar-refractivity contribution is 0.0928. The summed E-state index contributed by atoms with van der Waals surface area (Å²) < 4.78 is 1.66. The highest BCUT2D eigenvalue weighted by atomic mass is 16.1. The fourth-order valence-electron chi connectivity index (χ4n) is 4.36. The first-order valence-electron chi connectivity index (χ1n) is 11.3. The topological polar surface area (TPSA) is 67.2 Å². The zero-order valence-electron chi connectivity index (χ0n) is 18.3. The molecule has 0 saturated heterocycles. The van der Waals surface area contributed by atoms with Crippen molar-refractivity contribution in [2.75, 3.05) is 18.0 Å². The van der Waals surface area contributed by atoms with Crippen LogP contribution >= 0.6 is 0 Å². The zero-order valence-corrected chi connectivity index (χ0v) is 18.3. The summed E-state index contributed by atoms with van der Waals surface area (Å²) in [6.07, 6.45) is 5.64. The second-order valence-electron chi connectivity index (χ2n) is 8.10. The first-order valence-corrected chi connectivity index (χ1v) is 11.3. The minimum atomic E-state index is -0.127. The molecule has 1 fully saturated rings. The van der Waals surface area contributed by atoms with Gasteiger partial charge in [-0.05, 0) is 57.0 Å². The average molecular weight is 419 g/mol. The van der Waals surface area contributed by atoms with Gasteiger partial charge in [0.2, 0.25) is 5.95 Å². The van der Waals surface area contributed by atoms with Crippen LogP contribution in [0, 0.1) is 0 Å². The third kappa shape index (κ3) is 4.33. The van der Waals surface area contributed by atoms with Crippen LogP contribution in [-0.2, 0) is 0 Å². The van der Waals surface area contributed by atoms with Gasteiger partial charge in [0.1, 0.15) is 0 Å². The summed E-state index contributed by atoms with van der Waals surface area (Å²) in [5.74, 6) is 0.505. The second kappa shape index (κ2) is 9.33. The van der Waals surface area contributed by atoms with Crippen LogP contribution in [0.3, 0.4) is 0 Å². The first-order chi connectivity index (χ1) is 15.1. The number of nitrogens with zero attached hydrogens (tertiary/aromatic N) is 3. The molecule has 0 atom stereocenters. The van der Waals surface area contributed by atoms with Gasteiger partial charge in [-0.25, -0.2) is 9.55 Å². The van der Waals surface area contributed by atoms with Crippen molar-refractivity contribution in [1.82, 2.24) is 14.9 Å². The summed E-state index contributed by atoms with van der Waals surface area (Å²) in [7, 11) is 0. The number of anilines is 1. The van der Waals surface area contributed by atoms with Crippen LogP contribution in [0.2, 0.25) is 0 Å². The molecule has 1 aliphatic carbocycles. The van der Waals surface area contributed by atoms with Crippen molar-refractivity contribution >= 4 is 22.8 Å². The average Bonchev–Trinajstić information content (AvgIpc) is 2.81. The fourth-order valence-corrected chi connectivity index (χ4v) is 4.36. The minimum Gasteiger partial charge on any atom is -0.349 e. The Kier molecular flexibility index (Phi) is 6.35. The molecule has 1 saturated carbocycles. The summed E-state index contributed by atoms with van der Waals surface area (Å²) >= 11 is 0. The quantitative estimate of drug-likeness (QED) is 0.648. The smallest absolute Gasteiger partial charge is 0.267 e. The lowest BCUT2D eigenvalue weighted by Crippen LogP contribution is -2.36. The molecule has 6 nitrogen and oxygen atoms in total. The van der Waals surface area contributed by atoms with Gasteiger partial charge >= 0.3 is 0 Å². The van der Waals surface area contributed by atoms with E-state index < -0.39 is 0 Å². The van der Waals surface area contributed by atoms with Crippen LogP contribution in [0.4, 0.5) is 5.95 Å². The van der Waals surface area contributed by atoms with Crippen molar-refractivity contribution in [3.63, 3.8) is 0 Å². The molecule has 3 aromatic rings. The number of amides is 1. The Labute approximate surface area is 182 Å². The van der Waals surface area contributed by atoms with E-state index in [4.69, 9.17) is 4.98 Å². The van der Waals surface area contributed by atoms with Crippen molar-refractivity contribution < 1.29 is 4.79 Å². The van der Waals surface area contributed by atoms with E-state index >= 15 is 0 Å². The molecule has 1 N–H and O–H groups in total. The number of fused-ring (bicyclic) bond motifs is 1. The van der Waals surface area contributed by atoms with Crippen LogP contribution in [0.5, 0.6) is 0 Å². The Hall–Kier alpha value is -3.15. The Bertz CT molecular complexity index is 1110. The van der Waals surface area contributed by atoms with Gasteiger partial charge in [0.05, 0.1) is 16.6 Å². The zero-order chi connectivity index (χ0) is 21.8. The molecular formula is C25H30N4O2. The maximum atomic E-state index is 13.5. The van der Waals surface area contributed by atoms with E-state index in [-0.39, 0.29) is 17.5 Å². The Morgan fingerprint density at radius 1 is 1.06 bits per heavy atom. The molecule has 1 aliphatic rings. The number of hydrogen-bond donors (Lipinski definition) is 1. The summed E-state index contributed by atoms with van der Waals surface area (Å²) in [5.41, 5.74) is 1.75. The maximum Gasteiger partial charge on any atom is 0.267 e. The number of carbonyl (C=O) groups excluding carboxylic acids is 1. The van der Waals surface area contributed by atoms with Crippen molar-refractivity contribution in [2.45, 2.75) is 52.0 Å². The number of aromatic nitrogens is 2. The van der Waals surface area contributed by atoms with Gasteiger partial charge in [0.25, 0.3) is 11.5 Å². The van der Waals surface area contributed by atoms with Crippen LogP contribution in [0.25, 0.3) is 16.6 Å². The number of rotatable bonds is 6. The molecular weight excluding hydrogens is 388 g/mol. The predicted octanol–water partition coefficient (Wildman–Crippen LogP) is 4.29. The number of para-hydroxylation sites is 1.